The number of amides is 2. The molecular formula is C19H19FN2O2. The first kappa shape index (κ1) is 16.2. The highest BCUT2D eigenvalue weighted by atomic mass is 19.1. The van der Waals surface area contributed by atoms with Crippen LogP contribution in [0.1, 0.15) is 12.5 Å². The van der Waals surface area contributed by atoms with Crippen LogP contribution in [-0.2, 0) is 16.0 Å². The molecule has 0 spiro atoms. The predicted octanol–water partition coefficient (Wildman–Crippen LogP) is 2.63. The normalized spacial score (nSPS) is 17.9. The molecule has 5 heteroatoms. The first-order chi connectivity index (χ1) is 11.6. The van der Waals surface area contributed by atoms with Crippen LogP contribution in [0.4, 0.5) is 10.1 Å². The third-order valence-corrected chi connectivity index (χ3v) is 4.29. The molecular weight excluding hydrogens is 307 g/mol. The lowest BCUT2D eigenvalue weighted by molar-refractivity contribution is -0.140. The summed E-state index contributed by atoms with van der Waals surface area (Å²) in [4.78, 5) is 28.3. The number of nitrogens with zero attached hydrogens (tertiary/aromatic N) is 2. The fourth-order valence-corrected chi connectivity index (χ4v) is 2.98. The lowest BCUT2D eigenvalue weighted by atomic mass is 10.1. The van der Waals surface area contributed by atoms with Crippen molar-refractivity contribution < 1.29 is 14.0 Å². The van der Waals surface area contributed by atoms with Crippen LogP contribution in [0.5, 0.6) is 0 Å². The highest BCUT2D eigenvalue weighted by Gasteiger charge is 2.34. The summed E-state index contributed by atoms with van der Waals surface area (Å²) in [7, 11) is 0. The number of carbonyl (C=O) groups excluding carboxylic acids is 2. The SMILES string of the molecule is CC1C(=O)N(c2cccc(F)c2)CCN1C(=O)Cc1ccccc1. The van der Waals surface area contributed by atoms with Crippen LogP contribution >= 0.6 is 0 Å². The highest BCUT2D eigenvalue weighted by molar-refractivity contribution is 6.00. The summed E-state index contributed by atoms with van der Waals surface area (Å²) in [5, 5.41) is 0. The largest absolute Gasteiger partial charge is 0.329 e. The van der Waals surface area contributed by atoms with Gasteiger partial charge in [-0.3, -0.25) is 9.59 Å². The fraction of sp³-hybridized carbons (Fsp3) is 0.263. The molecule has 4 nitrogen and oxygen atoms in total. The van der Waals surface area contributed by atoms with E-state index in [1.807, 2.05) is 30.3 Å². The smallest absolute Gasteiger partial charge is 0.249 e. The Morgan fingerprint density at radius 2 is 1.88 bits per heavy atom. The number of carbonyl (C=O) groups is 2. The molecule has 0 aromatic heterocycles. The number of halogens is 1. The maximum atomic E-state index is 13.4. The van der Waals surface area contributed by atoms with Crippen molar-refractivity contribution in [1.29, 1.82) is 0 Å². The Kier molecular flexibility index (Phi) is 4.60. The fourth-order valence-electron chi connectivity index (χ4n) is 2.98. The van der Waals surface area contributed by atoms with Gasteiger partial charge in [0.25, 0.3) is 0 Å². The summed E-state index contributed by atoms with van der Waals surface area (Å²) >= 11 is 0. The van der Waals surface area contributed by atoms with Crippen molar-refractivity contribution in [3.63, 3.8) is 0 Å². The van der Waals surface area contributed by atoms with Gasteiger partial charge < -0.3 is 9.80 Å². The van der Waals surface area contributed by atoms with Crippen LogP contribution in [0, 0.1) is 5.82 Å². The van der Waals surface area contributed by atoms with E-state index in [2.05, 4.69) is 0 Å². The van der Waals surface area contributed by atoms with Gasteiger partial charge in [-0.05, 0) is 30.7 Å². The number of anilines is 1. The lowest BCUT2D eigenvalue weighted by Gasteiger charge is -2.39. The van der Waals surface area contributed by atoms with Gasteiger partial charge in [-0.1, -0.05) is 36.4 Å². The number of hydrogen-bond donors (Lipinski definition) is 0. The van der Waals surface area contributed by atoms with E-state index in [0.29, 0.717) is 18.8 Å². The Balaban J connectivity index is 1.71. The summed E-state index contributed by atoms with van der Waals surface area (Å²) in [5.41, 5.74) is 1.46. The molecule has 0 saturated carbocycles. The molecule has 1 fully saturated rings. The first-order valence-corrected chi connectivity index (χ1v) is 7.96. The molecule has 0 N–H and O–H groups in total. The number of rotatable bonds is 3. The van der Waals surface area contributed by atoms with Crippen molar-refractivity contribution in [3.05, 3.63) is 66.0 Å². The van der Waals surface area contributed by atoms with E-state index < -0.39 is 6.04 Å². The molecule has 0 aliphatic carbocycles. The van der Waals surface area contributed by atoms with E-state index in [1.54, 1.807) is 28.9 Å². The number of piperazine rings is 1. The van der Waals surface area contributed by atoms with Gasteiger partial charge in [0.1, 0.15) is 11.9 Å². The average Bonchev–Trinajstić information content (AvgIpc) is 2.58. The molecule has 24 heavy (non-hydrogen) atoms. The summed E-state index contributed by atoms with van der Waals surface area (Å²) < 4.78 is 13.4. The Labute approximate surface area is 140 Å². The Morgan fingerprint density at radius 1 is 1.12 bits per heavy atom. The third kappa shape index (κ3) is 3.30. The minimum absolute atomic E-state index is 0.0686. The molecule has 1 heterocycles. The van der Waals surface area contributed by atoms with Crippen LogP contribution in [0.25, 0.3) is 0 Å². The zero-order valence-corrected chi connectivity index (χ0v) is 13.5. The van der Waals surface area contributed by atoms with E-state index in [4.69, 9.17) is 0 Å². The van der Waals surface area contributed by atoms with Crippen LogP contribution < -0.4 is 4.90 Å². The topological polar surface area (TPSA) is 40.6 Å². The van der Waals surface area contributed by atoms with Crippen molar-refractivity contribution in [2.75, 3.05) is 18.0 Å². The second kappa shape index (κ2) is 6.83. The van der Waals surface area contributed by atoms with Gasteiger partial charge in [0.15, 0.2) is 0 Å². The van der Waals surface area contributed by atoms with Gasteiger partial charge in [-0.2, -0.15) is 0 Å². The molecule has 1 aliphatic heterocycles. The van der Waals surface area contributed by atoms with Crippen molar-refractivity contribution >= 4 is 17.5 Å². The number of hydrogen-bond acceptors (Lipinski definition) is 2. The molecule has 0 bridgehead atoms. The van der Waals surface area contributed by atoms with Crippen molar-refractivity contribution in [2.24, 2.45) is 0 Å². The van der Waals surface area contributed by atoms with E-state index >= 15 is 0 Å². The minimum Gasteiger partial charge on any atom is -0.329 e. The molecule has 1 aliphatic rings. The van der Waals surface area contributed by atoms with Crippen LogP contribution in [0.15, 0.2) is 54.6 Å². The standard InChI is InChI=1S/C19H19FN2O2/c1-14-19(24)22(17-9-5-8-16(20)13-17)11-10-21(14)18(23)12-15-6-3-2-4-7-15/h2-9,13-14H,10-12H2,1H3. The second-order valence-electron chi connectivity index (χ2n) is 5.90. The van der Waals surface area contributed by atoms with Gasteiger partial charge in [0.2, 0.25) is 11.8 Å². The highest BCUT2D eigenvalue weighted by Crippen LogP contribution is 2.21. The molecule has 124 valence electrons. The Morgan fingerprint density at radius 3 is 2.58 bits per heavy atom. The van der Waals surface area contributed by atoms with Gasteiger partial charge >= 0.3 is 0 Å². The zero-order chi connectivity index (χ0) is 17.1. The van der Waals surface area contributed by atoms with Crippen molar-refractivity contribution in [2.45, 2.75) is 19.4 Å². The molecule has 1 unspecified atom stereocenters. The van der Waals surface area contributed by atoms with Crippen molar-refractivity contribution in [1.82, 2.24) is 4.90 Å². The van der Waals surface area contributed by atoms with E-state index in [1.165, 1.54) is 12.1 Å². The molecule has 1 atom stereocenters. The zero-order valence-electron chi connectivity index (χ0n) is 13.5. The van der Waals surface area contributed by atoms with E-state index in [-0.39, 0.29) is 24.1 Å². The second-order valence-corrected chi connectivity index (χ2v) is 5.90. The molecule has 3 rings (SSSR count). The number of benzene rings is 2. The summed E-state index contributed by atoms with van der Waals surface area (Å²) in [6.07, 6.45) is 0.276. The van der Waals surface area contributed by atoms with Gasteiger partial charge in [0, 0.05) is 18.8 Å². The molecule has 2 amide bonds. The summed E-state index contributed by atoms with van der Waals surface area (Å²) in [6, 6.07) is 14.9. The average molecular weight is 326 g/mol. The maximum absolute atomic E-state index is 13.4. The van der Waals surface area contributed by atoms with Gasteiger partial charge in [0.05, 0.1) is 6.42 Å². The monoisotopic (exact) mass is 326 g/mol. The molecule has 2 aromatic rings. The predicted molar refractivity (Wildman–Crippen MR) is 90.1 cm³/mol. The Hall–Kier alpha value is -2.69. The quantitative estimate of drug-likeness (QED) is 0.870. The van der Waals surface area contributed by atoms with Crippen LogP contribution in [-0.4, -0.2) is 35.8 Å². The Bertz CT molecular complexity index is 748. The third-order valence-electron chi connectivity index (χ3n) is 4.29. The van der Waals surface area contributed by atoms with Crippen LogP contribution in [0.3, 0.4) is 0 Å². The molecule has 1 saturated heterocycles. The van der Waals surface area contributed by atoms with E-state index in [0.717, 1.165) is 5.56 Å². The summed E-state index contributed by atoms with van der Waals surface area (Å²) in [5.74, 6) is -0.634. The summed E-state index contributed by atoms with van der Waals surface area (Å²) in [6.45, 7) is 2.53. The van der Waals surface area contributed by atoms with E-state index in [9.17, 15) is 14.0 Å². The first-order valence-electron chi connectivity index (χ1n) is 7.96. The van der Waals surface area contributed by atoms with Crippen molar-refractivity contribution in [3.8, 4) is 0 Å². The molecule has 0 radical (unpaired) electrons. The lowest BCUT2D eigenvalue weighted by Crippen LogP contribution is -2.58. The maximum Gasteiger partial charge on any atom is 0.249 e. The molecule has 2 aromatic carbocycles. The van der Waals surface area contributed by atoms with Gasteiger partial charge in [-0.25, -0.2) is 4.39 Å². The van der Waals surface area contributed by atoms with Crippen LogP contribution in [0.2, 0.25) is 0 Å². The van der Waals surface area contributed by atoms with Gasteiger partial charge in [-0.15, -0.1) is 0 Å². The minimum atomic E-state index is -0.557.